The van der Waals surface area contributed by atoms with Gasteiger partial charge in [0.2, 0.25) is 0 Å². The van der Waals surface area contributed by atoms with Crippen LogP contribution in [0.4, 0.5) is 0 Å². The third kappa shape index (κ3) is 14.3. The Kier molecular flexibility index (Phi) is 18.6. The van der Waals surface area contributed by atoms with Crippen molar-refractivity contribution in [1.82, 2.24) is 0 Å². The van der Waals surface area contributed by atoms with Crippen LogP contribution >= 0.6 is 0 Å². The summed E-state index contributed by atoms with van der Waals surface area (Å²) in [6, 6.07) is 0. The van der Waals surface area contributed by atoms with Gasteiger partial charge in [-0.15, -0.1) is 0 Å². The summed E-state index contributed by atoms with van der Waals surface area (Å²) in [4.78, 5) is 0. The van der Waals surface area contributed by atoms with Gasteiger partial charge in [-0.05, 0) is 25.7 Å². The van der Waals surface area contributed by atoms with Crippen LogP contribution in [0.15, 0.2) is 12.2 Å². The molecule has 5 nitrogen and oxygen atoms in total. The summed E-state index contributed by atoms with van der Waals surface area (Å²) in [5, 5.41) is 28.6. The second-order valence-corrected chi connectivity index (χ2v) is 9.09. The van der Waals surface area contributed by atoms with E-state index in [1.54, 1.807) is 0 Å². The first-order valence-electron chi connectivity index (χ1n) is 13.1. The molecule has 0 amide bonds. The zero-order valence-corrected chi connectivity index (χ0v) is 20.1. The van der Waals surface area contributed by atoms with Crippen LogP contribution in [-0.4, -0.2) is 59.6 Å². The number of hydrogen-bond acceptors (Lipinski definition) is 5. The number of unbranched alkanes of at least 4 members (excludes halogenated alkanes) is 14. The van der Waals surface area contributed by atoms with E-state index in [1.165, 1.54) is 83.5 Å². The lowest BCUT2D eigenvalue weighted by molar-refractivity contribution is -0.0729. The summed E-state index contributed by atoms with van der Waals surface area (Å²) in [6.07, 6.45) is 22.6. The summed E-state index contributed by atoms with van der Waals surface area (Å²) in [5.41, 5.74) is 0. The minimum atomic E-state index is -1.06. The van der Waals surface area contributed by atoms with Gasteiger partial charge in [-0.2, -0.15) is 0 Å². The summed E-state index contributed by atoms with van der Waals surface area (Å²) in [7, 11) is 0. The van der Waals surface area contributed by atoms with E-state index in [-0.39, 0.29) is 6.61 Å². The quantitative estimate of drug-likeness (QED) is 0.166. The first-order valence-corrected chi connectivity index (χ1v) is 13.1. The zero-order valence-electron chi connectivity index (χ0n) is 20.1. The first kappa shape index (κ1) is 28.6. The van der Waals surface area contributed by atoms with Crippen LogP contribution in [0.5, 0.6) is 0 Å². The Labute approximate surface area is 191 Å². The maximum Gasteiger partial charge on any atom is 0.114 e. The molecule has 0 aromatic carbocycles. The van der Waals surface area contributed by atoms with Crippen LogP contribution in [0.25, 0.3) is 0 Å². The smallest absolute Gasteiger partial charge is 0.114 e. The zero-order chi connectivity index (χ0) is 22.6. The minimum absolute atomic E-state index is 0.262. The van der Waals surface area contributed by atoms with Gasteiger partial charge in [0.15, 0.2) is 0 Å². The Balaban J connectivity index is 1.81. The maximum atomic E-state index is 10.1. The molecular weight excluding hydrogens is 392 g/mol. The summed E-state index contributed by atoms with van der Waals surface area (Å²) in [5.74, 6) is 0. The van der Waals surface area contributed by atoms with Crippen molar-refractivity contribution in [2.75, 3.05) is 19.8 Å². The van der Waals surface area contributed by atoms with Gasteiger partial charge in [-0.25, -0.2) is 0 Å². The van der Waals surface area contributed by atoms with Crippen LogP contribution in [0.2, 0.25) is 0 Å². The van der Waals surface area contributed by atoms with Crippen molar-refractivity contribution in [2.45, 2.75) is 134 Å². The van der Waals surface area contributed by atoms with Crippen molar-refractivity contribution < 1.29 is 24.8 Å². The van der Waals surface area contributed by atoms with Gasteiger partial charge in [0.25, 0.3) is 0 Å². The molecule has 1 heterocycles. The van der Waals surface area contributed by atoms with Crippen molar-refractivity contribution in [1.29, 1.82) is 0 Å². The van der Waals surface area contributed by atoms with E-state index >= 15 is 0 Å². The molecule has 31 heavy (non-hydrogen) atoms. The van der Waals surface area contributed by atoms with Gasteiger partial charge < -0.3 is 24.8 Å². The molecule has 0 spiro atoms. The highest BCUT2D eigenvalue weighted by Gasteiger charge is 2.40. The number of aliphatic hydroxyl groups excluding tert-OH is 3. The standard InChI is InChI=1S/C26H50O5/c1-2-3-4-5-6-7-8-9-10-11-12-13-14-15-16-17-18-19-20-30-24-22-31-26(25(24)29)23(28)21-27/h16-17,23-29H,2-15,18-22H2,1H3/b17-16+/t23-,24+,25-,26-/m1/s1. The molecule has 184 valence electrons. The van der Waals surface area contributed by atoms with Gasteiger partial charge >= 0.3 is 0 Å². The Hall–Kier alpha value is -0.460. The Morgan fingerprint density at radius 1 is 0.839 bits per heavy atom. The van der Waals surface area contributed by atoms with Gasteiger partial charge in [0, 0.05) is 6.61 Å². The lowest BCUT2D eigenvalue weighted by atomic mass is 10.0. The molecule has 5 heteroatoms. The van der Waals surface area contributed by atoms with E-state index in [9.17, 15) is 10.2 Å². The second kappa shape index (κ2) is 20.2. The van der Waals surface area contributed by atoms with Crippen LogP contribution < -0.4 is 0 Å². The number of rotatable bonds is 21. The lowest BCUT2D eigenvalue weighted by Crippen LogP contribution is -2.41. The fourth-order valence-electron chi connectivity index (χ4n) is 4.16. The van der Waals surface area contributed by atoms with Gasteiger partial charge in [-0.3, -0.25) is 0 Å². The van der Waals surface area contributed by atoms with Crippen LogP contribution in [0.1, 0.15) is 110 Å². The van der Waals surface area contributed by atoms with Gasteiger partial charge in [0.05, 0.1) is 13.2 Å². The number of aliphatic hydroxyl groups is 3. The topological polar surface area (TPSA) is 79.2 Å². The number of ether oxygens (including phenoxy) is 2. The summed E-state index contributed by atoms with van der Waals surface area (Å²) < 4.78 is 11.0. The molecule has 1 saturated heterocycles. The molecule has 0 radical (unpaired) electrons. The maximum absolute atomic E-state index is 10.1. The van der Waals surface area contributed by atoms with Crippen molar-refractivity contribution in [3.05, 3.63) is 12.2 Å². The molecule has 1 aliphatic heterocycles. The van der Waals surface area contributed by atoms with E-state index in [4.69, 9.17) is 14.6 Å². The molecule has 0 aromatic heterocycles. The number of allylic oxidation sites excluding steroid dienone is 2. The lowest BCUT2D eigenvalue weighted by Gasteiger charge is -2.20. The monoisotopic (exact) mass is 442 g/mol. The summed E-state index contributed by atoms with van der Waals surface area (Å²) >= 11 is 0. The highest BCUT2D eigenvalue weighted by Crippen LogP contribution is 2.20. The van der Waals surface area contributed by atoms with E-state index < -0.39 is 31.0 Å². The van der Waals surface area contributed by atoms with Crippen molar-refractivity contribution in [2.24, 2.45) is 0 Å². The Bertz CT molecular complexity index is 415. The largest absolute Gasteiger partial charge is 0.394 e. The SMILES string of the molecule is CCCCCCCCCCCCCCC/C=C/CCCO[C@H]1CO[C@H]([C@H](O)CO)[C@@H]1O. The van der Waals surface area contributed by atoms with E-state index in [0.29, 0.717) is 6.61 Å². The molecule has 0 saturated carbocycles. The number of hydrogen-bond donors (Lipinski definition) is 3. The molecule has 4 atom stereocenters. The molecule has 0 aliphatic carbocycles. The molecular formula is C26H50O5. The van der Waals surface area contributed by atoms with Crippen molar-refractivity contribution >= 4 is 0 Å². The van der Waals surface area contributed by atoms with Gasteiger partial charge in [0.1, 0.15) is 24.4 Å². The predicted octanol–water partition coefficient (Wildman–Crippen LogP) is 5.30. The van der Waals surface area contributed by atoms with Crippen LogP contribution in [0.3, 0.4) is 0 Å². The average molecular weight is 443 g/mol. The minimum Gasteiger partial charge on any atom is -0.394 e. The third-order valence-corrected chi connectivity index (χ3v) is 6.22. The van der Waals surface area contributed by atoms with E-state index in [0.717, 1.165) is 19.3 Å². The molecule has 1 rings (SSSR count). The first-order chi connectivity index (χ1) is 15.2. The second-order valence-electron chi connectivity index (χ2n) is 9.09. The molecule has 3 N–H and O–H groups in total. The molecule has 0 unspecified atom stereocenters. The molecule has 1 fully saturated rings. The molecule has 0 aromatic rings. The van der Waals surface area contributed by atoms with Crippen LogP contribution in [-0.2, 0) is 9.47 Å². The Morgan fingerprint density at radius 2 is 1.35 bits per heavy atom. The fraction of sp³-hybridized carbons (Fsp3) is 0.923. The van der Waals surface area contributed by atoms with E-state index in [2.05, 4.69) is 19.1 Å². The Morgan fingerprint density at radius 3 is 1.90 bits per heavy atom. The predicted molar refractivity (Wildman–Crippen MR) is 127 cm³/mol. The molecule has 0 bridgehead atoms. The normalized spacial score (nSPS) is 22.5. The highest BCUT2D eigenvalue weighted by molar-refractivity contribution is 4.89. The van der Waals surface area contributed by atoms with Crippen molar-refractivity contribution in [3.63, 3.8) is 0 Å². The van der Waals surface area contributed by atoms with Gasteiger partial charge in [-0.1, -0.05) is 96.1 Å². The van der Waals surface area contributed by atoms with E-state index in [1.807, 2.05) is 0 Å². The van der Waals surface area contributed by atoms with Crippen molar-refractivity contribution in [3.8, 4) is 0 Å². The fourth-order valence-corrected chi connectivity index (χ4v) is 4.16. The van der Waals surface area contributed by atoms with Crippen LogP contribution in [0, 0.1) is 0 Å². The third-order valence-electron chi connectivity index (χ3n) is 6.22. The average Bonchev–Trinajstić information content (AvgIpc) is 3.15. The molecule has 1 aliphatic rings. The summed E-state index contributed by atoms with van der Waals surface area (Å²) in [6.45, 7) is 2.69. The highest BCUT2D eigenvalue weighted by atomic mass is 16.6.